The fourth-order valence-corrected chi connectivity index (χ4v) is 3.96. The van der Waals surface area contributed by atoms with Crippen LogP contribution in [0.2, 0.25) is 0 Å². The van der Waals surface area contributed by atoms with Gasteiger partial charge in [0.05, 0.1) is 12.2 Å². The summed E-state index contributed by atoms with van der Waals surface area (Å²) in [4.78, 5) is 13.3. The summed E-state index contributed by atoms with van der Waals surface area (Å²) in [5.41, 5.74) is 8.10. The molecule has 0 amide bonds. The minimum Gasteiger partial charge on any atom is -0.462 e. The molecule has 1 aliphatic carbocycles. The SMILES string of the molecule is CCOC(=O)c1c(N)sc2c1CC[C@@H](C(C)(C)C)C2. The van der Waals surface area contributed by atoms with Crippen molar-refractivity contribution in [1.82, 2.24) is 0 Å². The third-order valence-corrected chi connectivity index (χ3v) is 5.08. The van der Waals surface area contributed by atoms with Gasteiger partial charge in [0.25, 0.3) is 0 Å². The molecule has 2 rings (SSSR count). The van der Waals surface area contributed by atoms with Crippen LogP contribution in [-0.4, -0.2) is 12.6 Å². The van der Waals surface area contributed by atoms with Gasteiger partial charge in [-0.3, -0.25) is 0 Å². The molecule has 0 unspecified atom stereocenters. The maximum absolute atomic E-state index is 12.0. The number of carbonyl (C=O) groups is 1. The Balaban J connectivity index is 2.30. The van der Waals surface area contributed by atoms with Crippen LogP contribution >= 0.6 is 11.3 Å². The average Bonchev–Trinajstić information content (AvgIpc) is 2.62. The van der Waals surface area contributed by atoms with Crippen molar-refractivity contribution in [2.45, 2.75) is 47.0 Å². The fraction of sp³-hybridized carbons (Fsp3) is 0.667. The van der Waals surface area contributed by atoms with Crippen LogP contribution in [0.1, 0.15) is 54.9 Å². The van der Waals surface area contributed by atoms with Crippen molar-refractivity contribution >= 4 is 22.3 Å². The van der Waals surface area contributed by atoms with Crippen LogP contribution in [0.4, 0.5) is 5.00 Å². The van der Waals surface area contributed by atoms with Crippen LogP contribution in [-0.2, 0) is 17.6 Å². The number of hydrogen-bond donors (Lipinski definition) is 1. The summed E-state index contributed by atoms with van der Waals surface area (Å²) in [5, 5.41) is 0.623. The van der Waals surface area contributed by atoms with Gasteiger partial charge in [0.1, 0.15) is 5.00 Å². The van der Waals surface area contributed by atoms with Crippen molar-refractivity contribution in [2.75, 3.05) is 12.3 Å². The summed E-state index contributed by atoms with van der Waals surface area (Å²) < 4.78 is 5.12. The highest BCUT2D eigenvalue weighted by Crippen LogP contribution is 2.43. The lowest BCUT2D eigenvalue weighted by atomic mass is 9.72. The first-order valence-corrected chi connectivity index (χ1v) is 7.73. The largest absolute Gasteiger partial charge is 0.462 e. The number of carbonyl (C=O) groups excluding carboxylic acids is 1. The van der Waals surface area contributed by atoms with Gasteiger partial charge in [-0.25, -0.2) is 4.79 Å². The van der Waals surface area contributed by atoms with E-state index in [0.29, 0.717) is 28.5 Å². The molecule has 4 heteroatoms. The topological polar surface area (TPSA) is 52.3 Å². The number of fused-ring (bicyclic) bond motifs is 1. The Kier molecular flexibility index (Phi) is 3.90. The number of rotatable bonds is 2. The van der Waals surface area contributed by atoms with Gasteiger partial charge < -0.3 is 10.5 Å². The molecule has 1 aromatic rings. The Morgan fingerprint density at radius 2 is 2.16 bits per heavy atom. The van der Waals surface area contributed by atoms with Crippen molar-refractivity contribution < 1.29 is 9.53 Å². The van der Waals surface area contributed by atoms with Crippen LogP contribution < -0.4 is 5.73 Å². The summed E-state index contributed by atoms with van der Waals surface area (Å²) in [6, 6.07) is 0. The van der Waals surface area contributed by atoms with E-state index < -0.39 is 0 Å². The molecule has 1 heterocycles. The Labute approximate surface area is 119 Å². The lowest BCUT2D eigenvalue weighted by molar-refractivity contribution is 0.0526. The Bertz CT molecular complexity index is 485. The Morgan fingerprint density at radius 1 is 1.47 bits per heavy atom. The predicted molar refractivity (Wildman–Crippen MR) is 79.7 cm³/mol. The summed E-state index contributed by atoms with van der Waals surface area (Å²) in [7, 11) is 0. The number of hydrogen-bond acceptors (Lipinski definition) is 4. The summed E-state index contributed by atoms with van der Waals surface area (Å²) in [6.45, 7) is 9.07. The van der Waals surface area contributed by atoms with Gasteiger partial charge >= 0.3 is 5.97 Å². The molecule has 0 aromatic carbocycles. The summed E-state index contributed by atoms with van der Waals surface area (Å²) in [6.07, 6.45) is 3.10. The van der Waals surface area contributed by atoms with Gasteiger partial charge in [-0.15, -0.1) is 11.3 Å². The molecule has 1 aromatic heterocycles. The molecular weight excluding hydrogens is 258 g/mol. The number of nitrogens with two attached hydrogens (primary N) is 1. The lowest BCUT2D eigenvalue weighted by Crippen LogP contribution is -2.26. The van der Waals surface area contributed by atoms with Crippen molar-refractivity contribution in [2.24, 2.45) is 11.3 Å². The maximum Gasteiger partial charge on any atom is 0.341 e. The molecule has 0 spiro atoms. The highest BCUT2D eigenvalue weighted by molar-refractivity contribution is 7.16. The second-order valence-corrected chi connectivity index (χ2v) is 7.41. The Hall–Kier alpha value is -1.03. The third kappa shape index (κ3) is 2.78. The van der Waals surface area contributed by atoms with Gasteiger partial charge in [0.2, 0.25) is 0 Å². The van der Waals surface area contributed by atoms with Crippen LogP contribution in [0.5, 0.6) is 0 Å². The lowest BCUT2D eigenvalue weighted by Gasteiger charge is -2.33. The third-order valence-electron chi connectivity index (χ3n) is 4.00. The highest BCUT2D eigenvalue weighted by Gasteiger charge is 2.33. The number of anilines is 1. The van der Waals surface area contributed by atoms with E-state index in [1.807, 2.05) is 6.92 Å². The monoisotopic (exact) mass is 281 g/mol. The maximum atomic E-state index is 12.0. The van der Waals surface area contributed by atoms with E-state index in [9.17, 15) is 4.79 Å². The summed E-state index contributed by atoms with van der Waals surface area (Å²) >= 11 is 1.57. The zero-order valence-corrected chi connectivity index (χ0v) is 13.0. The molecule has 2 N–H and O–H groups in total. The molecule has 0 radical (unpaired) electrons. The van der Waals surface area contributed by atoms with Crippen molar-refractivity contribution in [1.29, 1.82) is 0 Å². The first-order chi connectivity index (χ1) is 8.84. The van der Waals surface area contributed by atoms with Crippen LogP contribution in [0.3, 0.4) is 0 Å². The molecule has 0 saturated heterocycles. The standard InChI is InChI=1S/C15H23NO2S/c1-5-18-14(17)12-10-7-6-9(15(2,3)4)8-11(10)19-13(12)16/h9H,5-8,16H2,1-4H3/t9-/m1/s1. The van der Waals surface area contributed by atoms with Crippen LogP contribution in [0, 0.1) is 11.3 Å². The molecule has 0 fully saturated rings. The number of nitrogen functional groups attached to an aromatic ring is 1. The predicted octanol–water partition coefficient (Wildman–Crippen LogP) is 3.66. The molecule has 1 aliphatic rings. The second-order valence-electron chi connectivity index (χ2n) is 6.27. The van der Waals surface area contributed by atoms with Gasteiger partial charge in [0.15, 0.2) is 0 Å². The number of thiophene rings is 1. The van der Waals surface area contributed by atoms with Gasteiger partial charge in [-0.2, -0.15) is 0 Å². The van der Waals surface area contributed by atoms with E-state index in [-0.39, 0.29) is 5.97 Å². The molecule has 0 saturated carbocycles. The Morgan fingerprint density at radius 3 is 2.74 bits per heavy atom. The van der Waals surface area contributed by atoms with Crippen LogP contribution in [0.25, 0.3) is 0 Å². The van der Waals surface area contributed by atoms with E-state index in [1.165, 1.54) is 4.88 Å². The van der Waals surface area contributed by atoms with Gasteiger partial charge in [0, 0.05) is 4.88 Å². The fourth-order valence-electron chi connectivity index (χ4n) is 2.77. The molecule has 1 atom stereocenters. The second kappa shape index (κ2) is 5.16. The molecule has 19 heavy (non-hydrogen) atoms. The minimum absolute atomic E-state index is 0.258. The first-order valence-electron chi connectivity index (χ1n) is 6.91. The average molecular weight is 281 g/mol. The number of ether oxygens (including phenoxy) is 1. The van der Waals surface area contributed by atoms with E-state index in [0.717, 1.165) is 24.8 Å². The van der Waals surface area contributed by atoms with Crippen molar-refractivity contribution in [3.63, 3.8) is 0 Å². The quantitative estimate of drug-likeness (QED) is 0.842. The molecule has 0 bridgehead atoms. The zero-order valence-electron chi connectivity index (χ0n) is 12.2. The van der Waals surface area contributed by atoms with Gasteiger partial charge in [-0.05, 0) is 43.1 Å². The molecule has 106 valence electrons. The van der Waals surface area contributed by atoms with Gasteiger partial charge in [-0.1, -0.05) is 20.8 Å². The van der Waals surface area contributed by atoms with E-state index >= 15 is 0 Å². The van der Waals surface area contributed by atoms with Crippen molar-refractivity contribution in [3.8, 4) is 0 Å². The van der Waals surface area contributed by atoms with Crippen LogP contribution in [0.15, 0.2) is 0 Å². The van der Waals surface area contributed by atoms with E-state index in [2.05, 4.69) is 20.8 Å². The van der Waals surface area contributed by atoms with Crippen molar-refractivity contribution in [3.05, 3.63) is 16.0 Å². The highest BCUT2D eigenvalue weighted by atomic mass is 32.1. The minimum atomic E-state index is -0.258. The first kappa shape index (κ1) is 14.4. The normalized spacial score (nSPS) is 19.1. The van der Waals surface area contributed by atoms with E-state index in [1.54, 1.807) is 11.3 Å². The zero-order chi connectivity index (χ0) is 14.2. The smallest absolute Gasteiger partial charge is 0.341 e. The summed E-state index contributed by atoms with van der Waals surface area (Å²) in [5.74, 6) is 0.403. The molecule has 3 nitrogen and oxygen atoms in total. The number of esters is 1. The van der Waals surface area contributed by atoms with E-state index in [4.69, 9.17) is 10.5 Å². The molecular formula is C15H23NO2S. The molecule has 0 aliphatic heterocycles.